The zero-order valence-electron chi connectivity index (χ0n) is 9.44. The van der Waals surface area contributed by atoms with Gasteiger partial charge in [0.15, 0.2) is 0 Å². The average molecular weight is 268 g/mol. The van der Waals surface area contributed by atoms with Gasteiger partial charge in [0.05, 0.1) is 0 Å². The number of rotatable bonds is 1. The SMILES string of the molecule is Cc1cc(C2CCNCC2)cc(Br)c1C. The molecule has 1 saturated heterocycles. The lowest BCUT2D eigenvalue weighted by atomic mass is 9.88. The van der Waals surface area contributed by atoms with E-state index in [-0.39, 0.29) is 0 Å². The zero-order valence-corrected chi connectivity index (χ0v) is 11.0. The van der Waals surface area contributed by atoms with Gasteiger partial charge in [-0.15, -0.1) is 0 Å². The highest BCUT2D eigenvalue weighted by Crippen LogP contribution is 2.30. The van der Waals surface area contributed by atoms with Crippen LogP contribution in [-0.4, -0.2) is 13.1 Å². The molecule has 1 nitrogen and oxygen atoms in total. The van der Waals surface area contributed by atoms with Gasteiger partial charge in [0.2, 0.25) is 0 Å². The van der Waals surface area contributed by atoms with Crippen molar-refractivity contribution in [1.82, 2.24) is 5.32 Å². The van der Waals surface area contributed by atoms with Gasteiger partial charge < -0.3 is 5.32 Å². The molecule has 1 aromatic rings. The van der Waals surface area contributed by atoms with Crippen molar-refractivity contribution in [3.8, 4) is 0 Å². The fourth-order valence-electron chi connectivity index (χ4n) is 2.23. The predicted molar refractivity (Wildman–Crippen MR) is 68.5 cm³/mol. The van der Waals surface area contributed by atoms with Crippen molar-refractivity contribution in [2.45, 2.75) is 32.6 Å². The van der Waals surface area contributed by atoms with E-state index in [1.807, 2.05) is 0 Å². The first-order valence-corrected chi connectivity index (χ1v) is 6.45. The minimum Gasteiger partial charge on any atom is -0.317 e. The monoisotopic (exact) mass is 267 g/mol. The number of benzene rings is 1. The number of nitrogens with one attached hydrogen (secondary N) is 1. The summed E-state index contributed by atoms with van der Waals surface area (Å²) in [5, 5.41) is 3.41. The highest BCUT2D eigenvalue weighted by atomic mass is 79.9. The maximum Gasteiger partial charge on any atom is 0.0209 e. The van der Waals surface area contributed by atoms with E-state index in [2.05, 4.69) is 47.2 Å². The normalized spacial score (nSPS) is 18.1. The molecule has 0 radical (unpaired) electrons. The summed E-state index contributed by atoms with van der Waals surface area (Å²) in [7, 11) is 0. The van der Waals surface area contributed by atoms with E-state index in [9.17, 15) is 0 Å². The van der Waals surface area contributed by atoms with Crippen molar-refractivity contribution in [1.29, 1.82) is 0 Å². The van der Waals surface area contributed by atoms with Gasteiger partial charge in [-0.3, -0.25) is 0 Å². The molecular weight excluding hydrogens is 250 g/mol. The largest absolute Gasteiger partial charge is 0.317 e. The second-order valence-electron chi connectivity index (χ2n) is 4.47. The molecule has 0 bridgehead atoms. The van der Waals surface area contributed by atoms with Crippen molar-refractivity contribution < 1.29 is 0 Å². The van der Waals surface area contributed by atoms with E-state index >= 15 is 0 Å². The van der Waals surface area contributed by atoms with Gasteiger partial charge in [-0.25, -0.2) is 0 Å². The number of piperidine rings is 1. The summed E-state index contributed by atoms with van der Waals surface area (Å²) in [6.45, 7) is 6.70. The number of hydrogen-bond acceptors (Lipinski definition) is 1. The van der Waals surface area contributed by atoms with E-state index in [0.29, 0.717) is 0 Å². The van der Waals surface area contributed by atoms with Gasteiger partial charge in [0, 0.05) is 4.47 Å². The molecule has 1 aliphatic heterocycles. The van der Waals surface area contributed by atoms with E-state index in [0.717, 1.165) is 19.0 Å². The minimum atomic E-state index is 0.752. The summed E-state index contributed by atoms with van der Waals surface area (Å²) in [5.74, 6) is 0.752. The lowest BCUT2D eigenvalue weighted by Gasteiger charge is -2.24. The summed E-state index contributed by atoms with van der Waals surface area (Å²) in [6, 6.07) is 4.66. The van der Waals surface area contributed by atoms with Crippen LogP contribution in [0.1, 0.15) is 35.4 Å². The molecule has 1 aromatic carbocycles. The molecule has 0 atom stereocenters. The first kappa shape index (κ1) is 11.2. The summed E-state index contributed by atoms with van der Waals surface area (Å²) in [4.78, 5) is 0. The Balaban J connectivity index is 2.27. The second kappa shape index (κ2) is 4.67. The molecule has 1 aliphatic rings. The zero-order chi connectivity index (χ0) is 10.8. The lowest BCUT2D eigenvalue weighted by molar-refractivity contribution is 0.460. The maximum atomic E-state index is 3.65. The average Bonchev–Trinajstić information content (AvgIpc) is 2.26. The fourth-order valence-corrected chi connectivity index (χ4v) is 2.81. The van der Waals surface area contributed by atoms with Gasteiger partial charge in [-0.05, 0) is 68.5 Å². The van der Waals surface area contributed by atoms with Crippen molar-refractivity contribution in [2.24, 2.45) is 0 Å². The highest BCUT2D eigenvalue weighted by molar-refractivity contribution is 9.10. The molecule has 0 unspecified atom stereocenters. The first-order valence-electron chi connectivity index (χ1n) is 5.66. The molecule has 0 spiro atoms. The van der Waals surface area contributed by atoms with Crippen LogP contribution in [-0.2, 0) is 0 Å². The molecule has 82 valence electrons. The van der Waals surface area contributed by atoms with Crippen molar-refractivity contribution in [3.63, 3.8) is 0 Å². The summed E-state index contributed by atoms with van der Waals surface area (Å²) in [5.41, 5.74) is 4.28. The highest BCUT2D eigenvalue weighted by Gasteiger charge is 2.16. The van der Waals surface area contributed by atoms with Crippen molar-refractivity contribution >= 4 is 15.9 Å². The summed E-state index contributed by atoms with van der Waals surface area (Å²) in [6.07, 6.45) is 2.55. The van der Waals surface area contributed by atoms with Crippen molar-refractivity contribution in [2.75, 3.05) is 13.1 Å². The van der Waals surface area contributed by atoms with Gasteiger partial charge in [0.1, 0.15) is 0 Å². The number of halogens is 1. The minimum absolute atomic E-state index is 0.752. The fraction of sp³-hybridized carbons (Fsp3) is 0.538. The van der Waals surface area contributed by atoms with Crippen LogP contribution in [0.2, 0.25) is 0 Å². The molecule has 15 heavy (non-hydrogen) atoms. The van der Waals surface area contributed by atoms with E-state index in [4.69, 9.17) is 0 Å². The Morgan fingerprint density at radius 3 is 2.47 bits per heavy atom. The van der Waals surface area contributed by atoms with E-state index in [1.165, 1.54) is 34.0 Å². The van der Waals surface area contributed by atoms with Crippen LogP contribution in [0.3, 0.4) is 0 Å². The Labute approximate surface area is 100 Å². The molecule has 0 aromatic heterocycles. The molecule has 2 rings (SSSR count). The van der Waals surface area contributed by atoms with Crippen LogP contribution >= 0.6 is 15.9 Å². The van der Waals surface area contributed by atoms with Crippen LogP contribution in [0.4, 0.5) is 0 Å². The molecule has 1 N–H and O–H groups in total. The van der Waals surface area contributed by atoms with Crippen LogP contribution < -0.4 is 5.32 Å². The molecular formula is C13H18BrN. The van der Waals surface area contributed by atoms with Crippen molar-refractivity contribution in [3.05, 3.63) is 33.3 Å². The van der Waals surface area contributed by atoms with E-state index in [1.54, 1.807) is 0 Å². The Bertz CT molecular complexity index is 331. The number of aryl methyl sites for hydroxylation is 1. The van der Waals surface area contributed by atoms with Crippen LogP contribution in [0.15, 0.2) is 16.6 Å². The Kier molecular flexibility index (Phi) is 3.47. The molecule has 2 heteroatoms. The topological polar surface area (TPSA) is 12.0 Å². The van der Waals surface area contributed by atoms with Crippen LogP contribution in [0.25, 0.3) is 0 Å². The number of hydrogen-bond donors (Lipinski definition) is 1. The second-order valence-corrected chi connectivity index (χ2v) is 5.32. The molecule has 0 saturated carbocycles. The lowest BCUT2D eigenvalue weighted by Crippen LogP contribution is -2.26. The van der Waals surface area contributed by atoms with Gasteiger partial charge in [-0.2, -0.15) is 0 Å². The van der Waals surface area contributed by atoms with Crippen LogP contribution in [0.5, 0.6) is 0 Å². The van der Waals surface area contributed by atoms with Gasteiger partial charge in [-0.1, -0.05) is 22.0 Å². The van der Waals surface area contributed by atoms with E-state index < -0.39 is 0 Å². The van der Waals surface area contributed by atoms with Crippen LogP contribution in [0, 0.1) is 13.8 Å². The summed E-state index contributed by atoms with van der Waals surface area (Å²) < 4.78 is 1.26. The molecule has 1 fully saturated rings. The van der Waals surface area contributed by atoms with Gasteiger partial charge >= 0.3 is 0 Å². The maximum absolute atomic E-state index is 3.65. The van der Waals surface area contributed by atoms with Gasteiger partial charge in [0.25, 0.3) is 0 Å². The molecule has 1 heterocycles. The first-order chi connectivity index (χ1) is 7.18. The standard InChI is InChI=1S/C13H18BrN/c1-9-7-12(8-13(14)10(9)2)11-3-5-15-6-4-11/h7-8,11,15H,3-6H2,1-2H3. The Morgan fingerprint density at radius 2 is 1.87 bits per heavy atom. The smallest absolute Gasteiger partial charge is 0.0209 e. The third-order valence-corrected chi connectivity index (χ3v) is 4.26. The predicted octanol–water partition coefficient (Wildman–Crippen LogP) is 3.53. The molecule has 0 amide bonds. The summed E-state index contributed by atoms with van der Waals surface area (Å²) >= 11 is 3.65. The Hall–Kier alpha value is -0.340. The quantitative estimate of drug-likeness (QED) is 0.821. The third kappa shape index (κ3) is 2.43. The third-order valence-electron chi connectivity index (χ3n) is 3.44. The molecule has 0 aliphatic carbocycles. The Morgan fingerprint density at radius 1 is 1.20 bits per heavy atom.